The number of carbonyl (C=O) groups is 1. The fourth-order valence-corrected chi connectivity index (χ4v) is 3.74. The number of nitrogens with two attached hydrogens (primary N) is 2. The molecule has 8 heteroatoms. The molecule has 0 spiro atoms. The molecule has 3 rings (SSSR count). The molecule has 108 valence electrons. The maximum Gasteiger partial charge on any atom is 0.224 e. The molecule has 1 amide bonds. The van der Waals surface area contributed by atoms with Crippen LogP contribution in [0.4, 0.5) is 10.2 Å². The molecule has 1 aromatic heterocycles. The number of anilines is 1. The lowest BCUT2D eigenvalue weighted by molar-refractivity contribution is -0.123. The monoisotopic (exact) mass is 299 g/mol. The lowest BCUT2D eigenvalue weighted by atomic mass is 9.85. The van der Waals surface area contributed by atoms with Crippen LogP contribution < -0.4 is 16.6 Å². The van der Waals surface area contributed by atoms with Gasteiger partial charge >= 0.3 is 0 Å². The molecule has 2 fully saturated rings. The first-order chi connectivity index (χ1) is 9.47. The highest BCUT2D eigenvalue weighted by atomic mass is 35.5. The van der Waals surface area contributed by atoms with Crippen molar-refractivity contribution in [2.24, 2.45) is 29.3 Å². The molecule has 0 radical (unpaired) electrons. The smallest absolute Gasteiger partial charge is 0.224 e. The Morgan fingerprint density at radius 1 is 1.40 bits per heavy atom. The summed E-state index contributed by atoms with van der Waals surface area (Å²) in [6.45, 7) is 0. The first-order valence-corrected chi connectivity index (χ1v) is 6.86. The van der Waals surface area contributed by atoms with Gasteiger partial charge in [-0.3, -0.25) is 9.80 Å². The van der Waals surface area contributed by atoms with Gasteiger partial charge in [0.1, 0.15) is 0 Å². The largest absolute Gasteiger partial charge is 0.369 e. The number of aromatic nitrogens is 2. The van der Waals surface area contributed by atoms with Crippen LogP contribution in [0.3, 0.4) is 0 Å². The Hall–Kier alpha value is -1.47. The predicted molar refractivity (Wildman–Crippen MR) is 71.0 cm³/mol. The van der Waals surface area contributed by atoms with Gasteiger partial charge in [-0.25, -0.2) is 15.2 Å². The molecule has 0 saturated heterocycles. The zero-order valence-electron chi connectivity index (χ0n) is 10.7. The number of nitrogens with zero attached hydrogens (tertiary/aromatic N) is 3. The van der Waals surface area contributed by atoms with Crippen LogP contribution in [-0.2, 0) is 4.79 Å². The van der Waals surface area contributed by atoms with E-state index < -0.39 is 5.82 Å². The third kappa shape index (κ3) is 2.10. The van der Waals surface area contributed by atoms with E-state index in [1.807, 2.05) is 0 Å². The second-order valence-electron chi connectivity index (χ2n) is 5.52. The number of hydrogen-bond donors (Lipinski definition) is 2. The fraction of sp³-hybridized carbons (Fsp3) is 0.583. The van der Waals surface area contributed by atoms with Crippen molar-refractivity contribution in [2.75, 3.05) is 5.01 Å². The fourth-order valence-electron chi connectivity index (χ4n) is 3.61. The van der Waals surface area contributed by atoms with Crippen LogP contribution >= 0.6 is 11.6 Å². The SMILES string of the molecule is NC(=O)C1CC2CC1CC2N(N)c1nc(Cl)ncc1F. The number of rotatable bonds is 3. The van der Waals surface area contributed by atoms with Crippen LogP contribution in [0, 0.1) is 23.6 Å². The molecule has 2 aliphatic carbocycles. The summed E-state index contributed by atoms with van der Waals surface area (Å²) in [4.78, 5) is 18.7. The van der Waals surface area contributed by atoms with E-state index in [1.165, 1.54) is 5.01 Å². The van der Waals surface area contributed by atoms with E-state index in [0.29, 0.717) is 6.42 Å². The van der Waals surface area contributed by atoms with Crippen LogP contribution in [0.2, 0.25) is 5.28 Å². The van der Waals surface area contributed by atoms with Crippen LogP contribution in [-0.4, -0.2) is 21.9 Å². The van der Waals surface area contributed by atoms with Gasteiger partial charge in [0, 0.05) is 5.92 Å². The minimum Gasteiger partial charge on any atom is -0.369 e. The topological polar surface area (TPSA) is 98.1 Å². The molecular formula is C12H15ClFN5O. The van der Waals surface area contributed by atoms with Crippen molar-refractivity contribution in [3.8, 4) is 0 Å². The number of hydrogen-bond acceptors (Lipinski definition) is 5. The van der Waals surface area contributed by atoms with Crippen LogP contribution in [0.1, 0.15) is 19.3 Å². The van der Waals surface area contributed by atoms with E-state index in [4.69, 9.17) is 23.2 Å². The van der Waals surface area contributed by atoms with E-state index in [1.54, 1.807) is 0 Å². The van der Waals surface area contributed by atoms with E-state index in [0.717, 1.165) is 19.0 Å². The highest BCUT2D eigenvalue weighted by Gasteiger charge is 2.50. The Morgan fingerprint density at radius 3 is 2.75 bits per heavy atom. The second kappa shape index (κ2) is 4.82. The molecule has 2 aliphatic rings. The van der Waals surface area contributed by atoms with Gasteiger partial charge in [-0.1, -0.05) is 0 Å². The normalized spacial score (nSPS) is 31.6. The Balaban J connectivity index is 1.79. The summed E-state index contributed by atoms with van der Waals surface area (Å²) in [5.74, 6) is 5.53. The van der Waals surface area contributed by atoms with Gasteiger partial charge in [0.05, 0.1) is 12.2 Å². The van der Waals surface area contributed by atoms with Crippen molar-refractivity contribution in [1.82, 2.24) is 9.97 Å². The zero-order valence-corrected chi connectivity index (χ0v) is 11.4. The molecule has 4 unspecified atom stereocenters. The molecule has 2 saturated carbocycles. The highest BCUT2D eigenvalue weighted by molar-refractivity contribution is 6.28. The lowest BCUT2D eigenvalue weighted by Crippen LogP contribution is -2.47. The summed E-state index contributed by atoms with van der Waals surface area (Å²) in [5, 5.41) is 1.28. The lowest BCUT2D eigenvalue weighted by Gasteiger charge is -2.33. The van der Waals surface area contributed by atoms with E-state index >= 15 is 0 Å². The van der Waals surface area contributed by atoms with Crippen molar-refractivity contribution in [2.45, 2.75) is 25.3 Å². The predicted octanol–water partition coefficient (Wildman–Crippen LogP) is 0.849. The summed E-state index contributed by atoms with van der Waals surface area (Å²) in [6.07, 6.45) is 3.32. The Labute approximate surface area is 120 Å². The number of amides is 1. The maximum atomic E-state index is 13.7. The van der Waals surface area contributed by atoms with Gasteiger partial charge in [0.15, 0.2) is 11.6 Å². The molecule has 0 aromatic carbocycles. The van der Waals surface area contributed by atoms with Crippen molar-refractivity contribution in [3.05, 3.63) is 17.3 Å². The van der Waals surface area contributed by atoms with Crippen molar-refractivity contribution in [3.63, 3.8) is 0 Å². The average molecular weight is 300 g/mol. The average Bonchev–Trinajstić information content (AvgIpc) is 3.00. The van der Waals surface area contributed by atoms with Crippen molar-refractivity contribution in [1.29, 1.82) is 0 Å². The van der Waals surface area contributed by atoms with E-state index in [-0.39, 0.29) is 40.8 Å². The summed E-state index contributed by atoms with van der Waals surface area (Å²) < 4.78 is 13.7. The summed E-state index contributed by atoms with van der Waals surface area (Å²) in [5.41, 5.74) is 5.38. The van der Waals surface area contributed by atoms with Crippen LogP contribution in [0.15, 0.2) is 6.20 Å². The summed E-state index contributed by atoms with van der Waals surface area (Å²) in [7, 11) is 0. The molecule has 6 nitrogen and oxygen atoms in total. The van der Waals surface area contributed by atoms with Gasteiger partial charge in [-0.15, -0.1) is 0 Å². The second-order valence-corrected chi connectivity index (χ2v) is 5.86. The van der Waals surface area contributed by atoms with Gasteiger partial charge in [-0.05, 0) is 42.7 Å². The maximum absolute atomic E-state index is 13.7. The molecule has 1 heterocycles. The number of fused-ring (bicyclic) bond motifs is 2. The minimum absolute atomic E-state index is 0.00169. The third-order valence-electron chi connectivity index (χ3n) is 4.48. The molecular weight excluding hydrogens is 285 g/mol. The number of halogens is 2. The standard InChI is InChI=1S/C12H15ClFN5O/c13-12-17-4-8(14)11(18-12)19(16)9-3-5-1-6(9)2-7(5)10(15)20/h4-7,9H,1-3,16H2,(H2,15,20). The highest BCUT2D eigenvalue weighted by Crippen LogP contribution is 2.50. The Morgan fingerprint density at radius 2 is 2.15 bits per heavy atom. The van der Waals surface area contributed by atoms with Crippen molar-refractivity contribution >= 4 is 23.3 Å². The van der Waals surface area contributed by atoms with Crippen LogP contribution in [0.5, 0.6) is 0 Å². The Bertz CT molecular complexity index is 557. The van der Waals surface area contributed by atoms with Gasteiger partial charge in [0.25, 0.3) is 0 Å². The quantitative estimate of drug-likeness (QED) is 0.490. The molecule has 2 bridgehead atoms. The molecule has 0 aliphatic heterocycles. The first kappa shape index (κ1) is 13.5. The molecule has 20 heavy (non-hydrogen) atoms. The van der Waals surface area contributed by atoms with Gasteiger partial charge in [0.2, 0.25) is 11.2 Å². The molecule has 4 N–H and O–H groups in total. The van der Waals surface area contributed by atoms with Crippen molar-refractivity contribution < 1.29 is 9.18 Å². The number of carbonyl (C=O) groups excluding carboxylic acids is 1. The van der Waals surface area contributed by atoms with Gasteiger partial charge < -0.3 is 5.73 Å². The summed E-state index contributed by atoms with van der Waals surface area (Å²) >= 11 is 5.68. The number of primary amides is 1. The first-order valence-electron chi connectivity index (χ1n) is 6.48. The molecule has 4 atom stereocenters. The summed E-state index contributed by atoms with van der Waals surface area (Å²) in [6, 6.07) is -0.0453. The Kier molecular flexibility index (Phi) is 3.25. The van der Waals surface area contributed by atoms with E-state index in [2.05, 4.69) is 9.97 Å². The third-order valence-corrected chi connectivity index (χ3v) is 4.67. The van der Waals surface area contributed by atoms with Gasteiger partial charge in [-0.2, -0.15) is 4.98 Å². The van der Waals surface area contributed by atoms with E-state index in [9.17, 15) is 9.18 Å². The molecule has 1 aromatic rings. The minimum atomic E-state index is -0.605. The van der Waals surface area contributed by atoms with Crippen LogP contribution in [0.25, 0.3) is 0 Å². The zero-order chi connectivity index (χ0) is 14.4. The number of hydrazine groups is 1.